The van der Waals surface area contributed by atoms with E-state index in [4.69, 9.17) is 4.74 Å². The van der Waals surface area contributed by atoms with Crippen LogP contribution in [0.5, 0.6) is 0 Å². The molecule has 0 saturated carbocycles. The summed E-state index contributed by atoms with van der Waals surface area (Å²) in [6, 6.07) is 11.2. The zero-order chi connectivity index (χ0) is 12.4. The van der Waals surface area contributed by atoms with E-state index >= 15 is 0 Å². The van der Waals surface area contributed by atoms with Crippen molar-refractivity contribution < 1.29 is 4.74 Å². The quantitative estimate of drug-likeness (QED) is 0.768. The number of ether oxygens (including phenoxy) is 1. The van der Waals surface area contributed by atoms with Gasteiger partial charge in [0.2, 0.25) is 0 Å². The first-order valence-electron chi connectivity index (χ1n) is 6.56. The maximum atomic E-state index is 10.7. The van der Waals surface area contributed by atoms with Gasteiger partial charge in [0.1, 0.15) is 0 Å². The van der Waals surface area contributed by atoms with Crippen molar-refractivity contribution in [2.75, 3.05) is 13.2 Å². The van der Waals surface area contributed by atoms with Crippen molar-refractivity contribution in [3.8, 4) is 0 Å². The molecule has 0 aliphatic carbocycles. The van der Waals surface area contributed by atoms with Crippen LogP contribution in [-0.4, -0.2) is 36.2 Å². The molecule has 0 radical (unpaired) electrons. The minimum Gasteiger partial charge on any atom is -0.378 e. The van der Waals surface area contributed by atoms with Crippen molar-refractivity contribution in [3.05, 3.63) is 40.8 Å². The summed E-state index contributed by atoms with van der Waals surface area (Å²) in [5, 5.41) is 3.24. The second kappa shape index (κ2) is 5.16. The van der Waals surface area contributed by atoms with Gasteiger partial charge >= 0.3 is 0 Å². The Morgan fingerprint density at radius 1 is 1.17 bits per heavy atom. The number of rotatable bonds is 3. The van der Waals surface area contributed by atoms with Gasteiger partial charge in [-0.05, 0) is 18.4 Å². The summed E-state index contributed by atoms with van der Waals surface area (Å²) in [7, 11) is 0. The largest absolute Gasteiger partial charge is 0.378 e. The van der Waals surface area contributed by atoms with E-state index in [1.807, 2.05) is 6.07 Å². The average Bonchev–Trinajstić information content (AvgIpc) is 2.39. The lowest BCUT2D eigenvalue weighted by atomic mass is 9.90. The Kier molecular flexibility index (Phi) is 3.39. The number of hydrogen-bond donors (Lipinski definition) is 0. The molecular weight excluding hydrogens is 228 g/mol. The molecule has 1 aromatic rings. The highest BCUT2D eigenvalue weighted by molar-refractivity contribution is 5.15. The molecule has 4 nitrogen and oxygen atoms in total. The van der Waals surface area contributed by atoms with Crippen molar-refractivity contribution in [2.45, 2.75) is 37.5 Å². The number of nitroso groups, excluding NO2 is 1. The summed E-state index contributed by atoms with van der Waals surface area (Å²) in [4.78, 5) is 13.2. The van der Waals surface area contributed by atoms with E-state index in [1.54, 1.807) is 0 Å². The van der Waals surface area contributed by atoms with Crippen LogP contribution in [0, 0.1) is 4.91 Å². The van der Waals surface area contributed by atoms with E-state index < -0.39 is 0 Å². The third-order valence-corrected chi connectivity index (χ3v) is 4.00. The molecule has 0 aromatic heterocycles. The lowest BCUT2D eigenvalue weighted by Gasteiger charge is -2.47. The van der Waals surface area contributed by atoms with Crippen molar-refractivity contribution in [3.63, 3.8) is 0 Å². The maximum Gasteiger partial charge on any atom is 0.0951 e. The molecule has 0 spiro atoms. The van der Waals surface area contributed by atoms with Crippen LogP contribution in [0.1, 0.15) is 18.4 Å². The van der Waals surface area contributed by atoms with E-state index in [-0.39, 0.29) is 6.04 Å². The summed E-state index contributed by atoms with van der Waals surface area (Å²) < 4.78 is 5.61. The summed E-state index contributed by atoms with van der Waals surface area (Å²) in [5.41, 5.74) is 1.33. The predicted molar refractivity (Wildman–Crippen MR) is 69.2 cm³/mol. The van der Waals surface area contributed by atoms with Gasteiger partial charge in [0.25, 0.3) is 0 Å². The van der Waals surface area contributed by atoms with Gasteiger partial charge in [0.15, 0.2) is 0 Å². The summed E-state index contributed by atoms with van der Waals surface area (Å²) >= 11 is 0. The smallest absolute Gasteiger partial charge is 0.0951 e. The van der Waals surface area contributed by atoms with Crippen LogP contribution in [0.25, 0.3) is 0 Å². The Labute approximate surface area is 107 Å². The molecule has 4 heteroatoms. The first kappa shape index (κ1) is 11.8. The molecule has 2 saturated heterocycles. The van der Waals surface area contributed by atoms with Crippen LogP contribution in [0.3, 0.4) is 0 Å². The highest BCUT2D eigenvalue weighted by Crippen LogP contribution is 2.30. The minimum absolute atomic E-state index is 0.0177. The summed E-state index contributed by atoms with van der Waals surface area (Å²) in [5.74, 6) is 0. The zero-order valence-corrected chi connectivity index (χ0v) is 10.4. The predicted octanol–water partition coefficient (Wildman–Crippen LogP) is 2.18. The lowest BCUT2D eigenvalue weighted by molar-refractivity contribution is -0.0818. The second-order valence-electron chi connectivity index (χ2n) is 5.23. The van der Waals surface area contributed by atoms with Crippen molar-refractivity contribution in [2.24, 2.45) is 5.18 Å². The van der Waals surface area contributed by atoms with Gasteiger partial charge in [-0.2, -0.15) is 4.91 Å². The van der Waals surface area contributed by atoms with Crippen LogP contribution in [0.15, 0.2) is 35.5 Å². The van der Waals surface area contributed by atoms with Crippen molar-refractivity contribution >= 4 is 0 Å². The van der Waals surface area contributed by atoms with Gasteiger partial charge in [0.05, 0.1) is 19.3 Å². The monoisotopic (exact) mass is 246 g/mol. The number of morpholine rings is 1. The molecule has 0 amide bonds. The van der Waals surface area contributed by atoms with E-state index in [0.29, 0.717) is 12.1 Å². The van der Waals surface area contributed by atoms with Gasteiger partial charge in [0, 0.05) is 18.6 Å². The molecule has 3 atom stereocenters. The van der Waals surface area contributed by atoms with Crippen LogP contribution in [-0.2, 0) is 11.3 Å². The minimum atomic E-state index is -0.0177. The fourth-order valence-corrected chi connectivity index (χ4v) is 3.10. The summed E-state index contributed by atoms with van der Waals surface area (Å²) in [6.07, 6.45) is 1.68. The Bertz CT molecular complexity index is 396. The molecular formula is C14H18N2O2. The number of piperidine rings is 1. The standard InChI is InChI=1S/C14H18N2O2/c17-15-12-6-13-9-18-10-14(7-12)16(13)8-11-4-2-1-3-5-11/h1-5,12-14H,6-10H2/t12?,13-,14?/m1/s1. The van der Waals surface area contributed by atoms with Gasteiger partial charge in [-0.25, -0.2) is 0 Å². The average molecular weight is 246 g/mol. The van der Waals surface area contributed by atoms with E-state index in [1.165, 1.54) is 5.56 Å². The third kappa shape index (κ3) is 2.31. The second-order valence-corrected chi connectivity index (χ2v) is 5.23. The SMILES string of the molecule is O=NC1CC2COC[C@@H](C1)N2Cc1ccccc1. The molecule has 0 N–H and O–H groups in total. The number of fused-ring (bicyclic) bond motifs is 2. The zero-order valence-electron chi connectivity index (χ0n) is 10.4. The number of nitrogens with zero attached hydrogens (tertiary/aromatic N) is 2. The molecule has 1 aromatic carbocycles. The molecule has 2 aliphatic rings. The van der Waals surface area contributed by atoms with Gasteiger partial charge in [-0.1, -0.05) is 35.5 Å². The molecule has 96 valence electrons. The molecule has 2 heterocycles. The fraction of sp³-hybridized carbons (Fsp3) is 0.571. The molecule has 2 unspecified atom stereocenters. The molecule has 2 bridgehead atoms. The van der Waals surface area contributed by atoms with Gasteiger partial charge in [-0.3, -0.25) is 4.90 Å². The first-order valence-corrected chi connectivity index (χ1v) is 6.56. The normalized spacial score (nSPS) is 32.1. The van der Waals surface area contributed by atoms with Crippen LogP contribution >= 0.6 is 0 Å². The molecule has 18 heavy (non-hydrogen) atoms. The first-order chi connectivity index (χ1) is 8.86. The molecule has 3 rings (SSSR count). The third-order valence-electron chi connectivity index (χ3n) is 4.00. The number of hydrogen-bond acceptors (Lipinski definition) is 4. The highest BCUT2D eigenvalue weighted by atomic mass is 16.5. The van der Waals surface area contributed by atoms with Gasteiger partial charge < -0.3 is 4.74 Å². The van der Waals surface area contributed by atoms with E-state index in [0.717, 1.165) is 32.6 Å². The van der Waals surface area contributed by atoms with Gasteiger partial charge in [-0.15, -0.1) is 0 Å². The number of benzene rings is 1. The van der Waals surface area contributed by atoms with Crippen molar-refractivity contribution in [1.29, 1.82) is 0 Å². The maximum absolute atomic E-state index is 10.7. The Hall–Kier alpha value is -1.26. The fourth-order valence-electron chi connectivity index (χ4n) is 3.10. The van der Waals surface area contributed by atoms with Crippen LogP contribution in [0.4, 0.5) is 0 Å². The van der Waals surface area contributed by atoms with E-state index in [2.05, 4.69) is 34.3 Å². The Morgan fingerprint density at radius 2 is 1.83 bits per heavy atom. The molecule has 2 aliphatic heterocycles. The van der Waals surface area contributed by atoms with E-state index in [9.17, 15) is 4.91 Å². The highest BCUT2D eigenvalue weighted by Gasteiger charge is 2.39. The summed E-state index contributed by atoms with van der Waals surface area (Å²) in [6.45, 7) is 2.41. The Balaban J connectivity index is 1.74. The Morgan fingerprint density at radius 3 is 2.44 bits per heavy atom. The topological polar surface area (TPSA) is 41.9 Å². The lowest BCUT2D eigenvalue weighted by Crippen LogP contribution is -2.57. The van der Waals surface area contributed by atoms with Crippen LogP contribution in [0.2, 0.25) is 0 Å². The molecule has 2 fully saturated rings. The van der Waals surface area contributed by atoms with Crippen LogP contribution < -0.4 is 0 Å². The van der Waals surface area contributed by atoms with Crippen molar-refractivity contribution in [1.82, 2.24) is 4.90 Å².